The number of hydrogen-bond donors (Lipinski definition) is 2. The molecule has 0 aromatic carbocycles. The fourth-order valence-corrected chi connectivity index (χ4v) is 3.98. The molecule has 0 aromatic rings. The molecule has 0 amide bonds. The largest absolute Gasteiger partial charge is 0.392 e. The van der Waals surface area contributed by atoms with E-state index in [4.69, 9.17) is 0 Å². The maximum absolute atomic E-state index is 12.0. The molecule has 0 bridgehead atoms. The standard InChI is InChI=1S/C19H30O3/c1-4-5-6-9-19(3,22)10-7-8-14-15-11-13(2)18(21)16(15)12-17(14)20/h7-8,14-17,20,22H,2,4-6,9-12H2,1,3H3/t14-,15-,16-,17-,19?/m0/s1. The number of fused-ring (bicyclic) bond motifs is 1. The second kappa shape index (κ2) is 7.10. The van der Waals surface area contributed by atoms with E-state index in [-0.39, 0.29) is 23.5 Å². The molecule has 2 rings (SSSR count). The predicted molar refractivity (Wildman–Crippen MR) is 88.4 cm³/mol. The third-order valence-electron chi connectivity index (χ3n) is 5.35. The average Bonchev–Trinajstić information content (AvgIpc) is 2.88. The Labute approximate surface area is 134 Å². The van der Waals surface area contributed by atoms with Crippen molar-refractivity contribution in [3.8, 4) is 0 Å². The lowest BCUT2D eigenvalue weighted by atomic mass is 9.89. The van der Waals surface area contributed by atoms with Crippen LogP contribution in [0.15, 0.2) is 24.3 Å². The molecule has 1 unspecified atom stereocenters. The van der Waals surface area contributed by atoms with Crippen LogP contribution in [-0.4, -0.2) is 27.7 Å². The highest BCUT2D eigenvalue weighted by molar-refractivity contribution is 5.99. The van der Waals surface area contributed by atoms with E-state index in [0.717, 1.165) is 25.7 Å². The Bertz CT molecular complexity index is 450. The number of Topliss-reactive ketones (excluding diaryl/α,β-unsaturated/α-hetero) is 1. The Morgan fingerprint density at radius 3 is 2.82 bits per heavy atom. The van der Waals surface area contributed by atoms with Crippen molar-refractivity contribution in [1.82, 2.24) is 0 Å². The normalized spacial score (nSPS) is 34.4. The molecule has 124 valence electrons. The quantitative estimate of drug-likeness (QED) is 0.430. The molecule has 0 heterocycles. The van der Waals surface area contributed by atoms with Crippen molar-refractivity contribution in [2.45, 2.75) is 70.5 Å². The molecule has 3 nitrogen and oxygen atoms in total. The Morgan fingerprint density at radius 1 is 1.41 bits per heavy atom. The second-order valence-corrected chi connectivity index (χ2v) is 7.41. The zero-order chi connectivity index (χ0) is 16.3. The van der Waals surface area contributed by atoms with Gasteiger partial charge in [-0.05, 0) is 44.1 Å². The van der Waals surface area contributed by atoms with Gasteiger partial charge in [0.25, 0.3) is 0 Å². The number of unbranched alkanes of at least 4 members (excludes halogenated alkanes) is 2. The summed E-state index contributed by atoms with van der Waals surface area (Å²) in [4.78, 5) is 12.0. The summed E-state index contributed by atoms with van der Waals surface area (Å²) < 4.78 is 0. The summed E-state index contributed by atoms with van der Waals surface area (Å²) >= 11 is 0. The van der Waals surface area contributed by atoms with Crippen molar-refractivity contribution in [2.24, 2.45) is 17.8 Å². The minimum Gasteiger partial charge on any atom is -0.392 e. The van der Waals surface area contributed by atoms with Gasteiger partial charge in [0.05, 0.1) is 11.7 Å². The molecular weight excluding hydrogens is 276 g/mol. The molecule has 3 heteroatoms. The first kappa shape index (κ1) is 17.4. The summed E-state index contributed by atoms with van der Waals surface area (Å²) in [5.74, 6) is 0.338. The summed E-state index contributed by atoms with van der Waals surface area (Å²) in [5, 5.41) is 20.6. The smallest absolute Gasteiger partial charge is 0.161 e. The maximum atomic E-state index is 12.0. The summed E-state index contributed by atoms with van der Waals surface area (Å²) in [6.45, 7) is 7.88. The van der Waals surface area contributed by atoms with E-state index in [0.29, 0.717) is 24.8 Å². The van der Waals surface area contributed by atoms with Crippen LogP contribution in [0.4, 0.5) is 0 Å². The van der Waals surface area contributed by atoms with E-state index in [9.17, 15) is 15.0 Å². The van der Waals surface area contributed by atoms with Crippen LogP contribution in [0, 0.1) is 17.8 Å². The first-order valence-corrected chi connectivity index (χ1v) is 8.65. The highest BCUT2D eigenvalue weighted by atomic mass is 16.3. The number of carbonyl (C=O) groups is 1. The zero-order valence-electron chi connectivity index (χ0n) is 13.9. The SMILES string of the molecule is C=C1C[C@H]2[C@H](C=CCC(C)(O)CCCCC)[C@@H](O)C[C@@H]2C1=O. The molecule has 0 radical (unpaired) electrons. The Hall–Kier alpha value is -0.930. The fourth-order valence-electron chi connectivity index (χ4n) is 3.98. The highest BCUT2D eigenvalue weighted by Gasteiger charge is 2.49. The van der Waals surface area contributed by atoms with Crippen molar-refractivity contribution < 1.29 is 15.0 Å². The summed E-state index contributed by atoms with van der Waals surface area (Å²) in [7, 11) is 0. The second-order valence-electron chi connectivity index (χ2n) is 7.41. The van der Waals surface area contributed by atoms with Crippen LogP contribution in [0.3, 0.4) is 0 Å². The number of rotatable bonds is 7. The van der Waals surface area contributed by atoms with E-state index in [1.54, 1.807) is 0 Å². The monoisotopic (exact) mass is 306 g/mol. The number of ketones is 1. The molecule has 0 saturated heterocycles. The molecule has 0 aliphatic heterocycles. The van der Waals surface area contributed by atoms with Crippen LogP contribution in [0.25, 0.3) is 0 Å². The molecule has 2 aliphatic rings. The van der Waals surface area contributed by atoms with Crippen molar-refractivity contribution in [1.29, 1.82) is 0 Å². The van der Waals surface area contributed by atoms with Gasteiger partial charge in [-0.25, -0.2) is 0 Å². The Morgan fingerprint density at radius 2 is 2.14 bits per heavy atom. The molecule has 0 spiro atoms. The van der Waals surface area contributed by atoms with Crippen LogP contribution in [-0.2, 0) is 4.79 Å². The molecule has 2 saturated carbocycles. The molecule has 5 atom stereocenters. The predicted octanol–water partition coefficient (Wildman–Crippen LogP) is 3.41. The van der Waals surface area contributed by atoms with Gasteiger partial charge < -0.3 is 10.2 Å². The van der Waals surface area contributed by atoms with Gasteiger partial charge in [0.15, 0.2) is 5.78 Å². The summed E-state index contributed by atoms with van der Waals surface area (Å²) in [6.07, 6.45) is 9.61. The number of aliphatic hydroxyl groups excluding tert-OH is 1. The van der Waals surface area contributed by atoms with E-state index in [1.807, 2.05) is 19.1 Å². The minimum absolute atomic E-state index is 0.0274. The van der Waals surface area contributed by atoms with Gasteiger partial charge in [0, 0.05) is 11.8 Å². The maximum Gasteiger partial charge on any atom is 0.161 e. The van der Waals surface area contributed by atoms with Crippen LogP contribution in [0.1, 0.15) is 58.8 Å². The molecule has 2 N–H and O–H groups in total. The lowest BCUT2D eigenvalue weighted by Gasteiger charge is -2.22. The van der Waals surface area contributed by atoms with E-state index < -0.39 is 11.7 Å². The van der Waals surface area contributed by atoms with Gasteiger partial charge in [-0.15, -0.1) is 0 Å². The molecule has 2 fully saturated rings. The van der Waals surface area contributed by atoms with Gasteiger partial charge in [-0.1, -0.05) is 44.9 Å². The zero-order valence-corrected chi connectivity index (χ0v) is 13.9. The third kappa shape index (κ3) is 3.88. The number of allylic oxidation sites excluding steroid dienone is 1. The number of hydrogen-bond acceptors (Lipinski definition) is 3. The van der Waals surface area contributed by atoms with Gasteiger partial charge in [0.2, 0.25) is 0 Å². The molecule has 0 aromatic heterocycles. The van der Waals surface area contributed by atoms with Crippen molar-refractivity contribution in [2.75, 3.05) is 0 Å². The van der Waals surface area contributed by atoms with Crippen LogP contribution < -0.4 is 0 Å². The van der Waals surface area contributed by atoms with Crippen molar-refractivity contribution in [3.05, 3.63) is 24.3 Å². The first-order valence-electron chi connectivity index (χ1n) is 8.65. The highest BCUT2D eigenvalue weighted by Crippen LogP contribution is 2.48. The fraction of sp³-hybridized carbons (Fsp3) is 0.737. The first-order chi connectivity index (χ1) is 10.4. The van der Waals surface area contributed by atoms with Crippen molar-refractivity contribution in [3.63, 3.8) is 0 Å². The summed E-state index contributed by atoms with van der Waals surface area (Å²) in [6, 6.07) is 0. The third-order valence-corrected chi connectivity index (χ3v) is 5.35. The van der Waals surface area contributed by atoms with Gasteiger partial charge >= 0.3 is 0 Å². The van der Waals surface area contributed by atoms with E-state index >= 15 is 0 Å². The van der Waals surface area contributed by atoms with Crippen LogP contribution in [0.2, 0.25) is 0 Å². The lowest BCUT2D eigenvalue weighted by molar-refractivity contribution is -0.118. The van der Waals surface area contributed by atoms with E-state index in [1.165, 1.54) is 0 Å². The lowest BCUT2D eigenvalue weighted by Crippen LogP contribution is -2.23. The van der Waals surface area contributed by atoms with Gasteiger partial charge in [-0.3, -0.25) is 4.79 Å². The molecule has 22 heavy (non-hydrogen) atoms. The molecular formula is C19H30O3. The molecule has 2 aliphatic carbocycles. The number of carbonyl (C=O) groups excluding carboxylic acids is 1. The average molecular weight is 306 g/mol. The Balaban J connectivity index is 1.90. The minimum atomic E-state index is -0.677. The topological polar surface area (TPSA) is 57.5 Å². The summed E-state index contributed by atoms with van der Waals surface area (Å²) in [5.41, 5.74) is 0.0378. The van der Waals surface area contributed by atoms with Crippen LogP contribution >= 0.6 is 0 Å². The van der Waals surface area contributed by atoms with Crippen LogP contribution in [0.5, 0.6) is 0 Å². The Kier molecular flexibility index (Phi) is 5.62. The van der Waals surface area contributed by atoms with Gasteiger partial charge in [-0.2, -0.15) is 0 Å². The van der Waals surface area contributed by atoms with Crippen molar-refractivity contribution >= 4 is 5.78 Å². The number of aliphatic hydroxyl groups is 2. The van der Waals surface area contributed by atoms with E-state index in [2.05, 4.69) is 13.5 Å². The van der Waals surface area contributed by atoms with Gasteiger partial charge in [0.1, 0.15) is 0 Å².